The molecule has 2 atom stereocenters. The quantitative estimate of drug-likeness (QED) is 0.907. The highest BCUT2D eigenvalue weighted by molar-refractivity contribution is 5.79. The zero-order valence-corrected chi connectivity index (χ0v) is 11.2. The lowest BCUT2D eigenvalue weighted by Crippen LogP contribution is -2.34. The van der Waals surface area contributed by atoms with Crippen molar-refractivity contribution in [3.8, 4) is 0 Å². The van der Waals surface area contributed by atoms with Crippen LogP contribution in [0, 0.1) is 0 Å². The van der Waals surface area contributed by atoms with Gasteiger partial charge >= 0.3 is 0 Å². The number of hydrogen-bond acceptors (Lipinski definition) is 3. The maximum atomic E-state index is 12.1. The van der Waals surface area contributed by atoms with Gasteiger partial charge in [-0.1, -0.05) is 30.3 Å². The summed E-state index contributed by atoms with van der Waals surface area (Å²) in [4.78, 5) is 14.0. The van der Waals surface area contributed by atoms with Crippen molar-refractivity contribution >= 4 is 5.91 Å². The van der Waals surface area contributed by atoms with E-state index in [0.29, 0.717) is 19.5 Å². The predicted octanol–water partition coefficient (Wildman–Crippen LogP) is 1.18. The van der Waals surface area contributed by atoms with E-state index in [1.54, 1.807) is 6.20 Å². The van der Waals surface area contributed by atoms with E-state index in [1.165, 1.54) is 0 Å². The second-order valence-electron chi connectivity index (χ2n) is 5.16. The molecule has 2 unspecified atom stereocenters. The van der Waals surface area contributed by atoms with Crippen LogP contribution in [-0.4, -0.2) is 33.2 Å². The van der Waals surface area contributed by atoms with E-state index in [1.807, 2.05) is 52.2 Å². The van der Waals surface area contributed by atoms with Crippen LogP contribution < -0.4 is 5.73 Å². The minimum absolute atomic E-state index is 0.0165. The highest BCUT2D eigenvalue weighted by atomic mass is 16.2. The fourth-order valence-electron chi connectivity index (χ4n) is 2.71. The lowest BCUT2D eigenvalue weighted by Gasteiger charge is -2.28. The minimum atomic E-state index is -0.0636. The second-order valence-corrected chi connectivity index (χ2v) is 5.16. The smallest absolute Gasteiger partial charge is 0.224 e. The zero-order valence-electron chi connectivity index (χ0n) is 11.2. The van der Waals surface area contributed by atoms with Crippen molar-refractivity contribution in [1.82, 2.24) is 14.7 Å². The monoisotopic (exact) mass is 270 g/mol. The molecule has 1 aromatic heterocycles. The molecule has 1 fully saturated rings. The molecule has 0 bridgehead atoms. The average Bonchev–Trinajstić information content (AvgIpc) is 3.07. The van der Waals surface area contributed by atoms with Gasteiger partial charge in [-0.3, -0.25) is 9.48 Å². The standard InChI is InChI=1S/C15H18N4O/c16-13-9-15(20)19(10-13)14(11-18-8-4-7-17-18)12-5-2-1-3-6-12/h1-8,13-14H,9-11,16H2. The Bertz CT molecular complexity index is 567. The first-order chi connectivity index (χ1) is 9.74. The van der Waals surface area contributed by atoms with Gasteiger partial charge in [0, 0.05) is 31.4 Å². The number of likely N-dealkylation sites (tertiary alicyclic amines) is 1. The maximum absolute atomic E-state index is 12.1. The Morgan fingerprint density at radius 2 is 2.10 bits per heavy atom. The minimum Gasteiger partial charge on any atom is -0.332 e. The Labute approximate surface area is 118 Å². The zero-order chi connectivity index (χ0) is 13.9. The summed E-state index contributed by atoms with van der Waals surface area (Å²) in [5.41, 5.74) is 7.04. The van der Waals surface area contributed by atoms with Crippen LogP contribution in [0.5, 0.6) is 0 Å². The molecule has 3 rings (SSSR count). The van der Waals surface area contributed by atoms with Crippen molar-refractivity contribution in [2.45, 2.75) is 25.0 Å². The molecule has 5 nitrogen and oxygen atoms in total. The summed E-state index contributed by atoms with van der Waals surface area (Å²) < 4.78 is 1.86. The molecule has 0 saturated carbocycles. The van der Waals surface area contributed by atoms with Crippen molar-refractivity contribution in [1.29, 1.82) is 0 Å². The Morgan fingerprint density at radius 1 is 1.30 bits per heavy atom. The molecule has 2 aromatic rings. The van der Waals surface area contributed by atoms with E-state index in [0.717, 1.165) is 5.56 Å². The lowest BCUT2D eigenvalue weighted by atomic mass is 10.1. The van der Waals surface area contributed by atoms with Crippen molar-refractivity contribution in [3.05, 3.63) is 54.4 Å². The number of carbonyl (C=O) groups excluding carboxylic acids is 1. The molecule has 1 aliphatic rings. The molecule has 0 spiro atoms. The molecule has 20 heavy (non-hydrogen) atoms. The van der Waals surface area contributed by atoms with Crippen LogP contribution in [-0.2, 0) is 11.3 Å². The Hall–Kier alpha value is -2.14. The Balaban J connectivity index is 1.89. The van der Waals surface area contributed by atoms with Gasteiger partial charge < -0.3 is 10.6 Å². The Morgan fingerprint density at radius 3 is 2.70 bits per heavy atom. The third-order valence-corrected chi connectivity index (χ3v) is 3.67. The van der Waals surface area contributed by atoms with Gasteiger partial charge in [-0.2, -0.15) is 5.10 Å². The molecule has 0 radical (unpaired) electrons. The third-order valence-electron chi connectivity index (χ3n) is 3.67. The van der Waals surface area contributed by atoms with Crippen LogP contribution in [0.4, 0.5) is 0 Å². The van der Waals surface area contributed by atoms with Crippen molar-refractivity contribution in [2.24, 2.45) is 5.73 Å². The molecule has 1 saturated heterocycles. The average molecular weight is 270 g/mol. The molecule has 1 amide bonds. The number of hydrogen-bond donors (Lipinski definition) is 1. The lowest BCUT2D eigenvalue weighted by molar-refractivity contribution is -0.130. The van der Waals surface area contributed by atoms with Gasteiger partial charge in [-0.05, 0) is 11.6 Å². The van der Waals surface area contributed by atoms with Crippen LogP contribution in [0.25, 0.3) is 0 Å². The number of aromatic nitrogens is 2. The van der Waals surface area contributed by atoms with E-state index in [2.05, 4.69) is 5.10 Å². The van der Waals surface area contributed by atoms with Gasteiger partial charge in [0.1, 0.15) is 0 Å². The predicted molar refractivity (Wildman–Crippen MR) is 75.7 cm³/mol. The molecule has 0 aliphatic carbocycles. The van der Waals surface area contributed by atoms with Gasteiger partial charge in [-0.25, -0.2) is 0 Å². The summed E-state index contributed by atoms with van der Waals surface area (Å²) >= 11 is 0. The van der Waals surface area contributed by atoms with E-state index in [-0.39, 0.29) is 18.0 Å². The number of nitrogens with zero attached hydrogens (tertiary/aromatic N) is 3. The van der Waals surface area contributed by atoms with Crippen LogP contribution in [0.15, 0.2) is 48.8 Å². The first-order valence-corrected chi connectivity index (χ1v) is 6.81. The molecule has 104 valence electrons. The number of benzene rings is 1. The summed E-state index contributed by atoms with van der Waals surface area (Å²) in [5.74, 6) is 0.124. The van der Waals surface area contributed by atoms with Gasteiger partial charge in [-0.15, -0.1) is 0 Å². The number of rotatable bonds is 4. The Kier molecular flexibility index (Phi) is 3.52. The highest BCUT2D eigenvalue weighted by Gasteiger charge is 2.33. The maximum Gasteiger partial charge on any atom is 0.224 e. The molecular weight excluding hydrogens is 252 g/mol. The van der Waals surface area contributed by atoms with Crippen LogP contribution in [0.3, 0.4) is 0 Å². The molecular formula is C15H18N4O. The van der Waals surface area contributed by atoms with Crippen LogP contribution >= 0.6 is 0 Å². The van der Waals surface area contributed by atoms with Gasteiger partial charge in [0.25, 0.3) is 0 Å². The molecule has 1 aromatic carbocycles. The van der Waals surface area contributed by atoms with Crippen molar-refractivity contribution < 1.29 is 4.79 Å². The fraction of sp³-hybridized carbons (Fsp3) is 0.333. The van der Waals surface area contributed by atoms with E-state index in [4.69, 9.17) is 5.73 Å². The highest BCUT2D eigenvalue weighted by Crippen LogP contribution is 2.27. The van der Waals surface area contributed by atoms with Gasteiger partial charge in [0.2, 0.25) is 5.91 Å². The normalized spacial score (nSPS) is 20.4. The second kappa shape index (κ2) is 5.46. The van der Waals surface area contributed by atoms with E-state index >= 15 is 0 Å². The topological polar surface area (TPSA) is 64.2 Å². The van der Waals surface area contributed by atoms with Crippen molar-refractivity contribution in [2.75, 3.05) is 6.54 Å². The van der Waals surface area contributed by atoms with Crippen LogP contribution in [0.2, 0.25) is 0 Å². The number of amides is 1. The molecule has 5 heteroatoms. The number of nitrogens with two attached hydrogens (primary N) is 1. The largest absolute Gasteiger partial charge is 0.332 e. The van der Waals surface area contributed by atoms with Gasteiger partial charge in [0.05, 0.1) is 12.6 Å². The third kappa shape index (κ3) is 2.58. The van der Waals surface area contributed by atoms with E-state index < -0.39 is 0 Å². The first-order valence-electron chi connectivity index (χ1n) is 6.81. The van der Waals surface area contributed by atoms with Crippen molar-refractivity contribution in [3.63, 3.8) is 0 Å². The summed E-state index contributed by atoms with van der Waals surface area (Å²) in [5, 5.41) is 4.24. The van der Waals surface area contributed by atoms with E-state index in [9.17, 15) is 4.79 Å². The molecule has 2 heterocycles. The SMILES string of the molecule is NC1CC(=O)N(C(Cn2cccn2)c2ccccc2)C1. The first kappa shape index (κ1) is 12.9. The summed E-state index contributed by atoms with van der Waals surface area (Å²) in [7, 11) is 0. The summed E-state index contributed by atoms with van der Waals surface area (Å²) in [6.45, 7) is 1.26. The van der Waals surface area contributed by atoms with Crippen LogP contribution in [0.1, 0.15) is 18.0 Å². The van der Waals surface area contributed by atoms with Gasteiger partial charge in [0.15, 0.2) is 0 Å². The summed E-state index contributed by atoms with van der Waals surface area (Å²) in [6.07, 6.45) is 4.10. The fourth-order valence-corrected chi connectivity index (χ4v) is 2.71. The molecule has 1 aliphatic heterocycles. The molecule has 2 N–H and O–H groups in total. The summed E-state index contributed by atoms with van der Waals surface area (Å²) in [6, 6.07) is 11.9. The number of carbonyl (C=O) groups is 1.